The molecule has 2 aliphatic heterocycles. The summed E-state index contributed by atoms with van der Waals surface area (Å²) in [6.07, 6.45) is 6.09. The van der Waals surface area contributed by atoms with E-state index in [9.17, 15) is 0 Å². The fourth-order valence-electron chi connectivity index (χ4n) is 3.70. The number of pyridine rings is 1. The molecule has 2 saturated heterocycles. The van der Waals surface area contributed by atoms with Crippen molar-refractivity contribution in [1.82, 2.24) is 19.9 Å². The lowest BCUT2D eigenvalue weighted by Gasteiger charge is -2.50. The van der Waals surface area contributed by atoms with Gasteiger partial charge >= 0.3 is 0 Å². The van der Waals surface area contributed by atoms with Crippen LogP contribution in [0.2, 0.25) is 0 Å². The van der Waals surface area contributed by atoms with Gasteiger partial charge in [0, 0.05) is 44.3 Å². The van der Waals surface area contributed by atoms with Crippen LogP contribution in [0.1, 0.15) is 24.2 Å². The van der Waals surface area contributed by atoms with E-state index >= 15 is 0 Å². The molecule has 2 aliphatic rings. The van der Waals surface area contributed by atoms with Crippen molar-refractivity contribution in [2.45, 2.75) is 31.8 Å². The summed E-state index contributed by atoms with van der Waals surface area (Å²) in [6, 6.07) is 8.14. The highest BCUT2D eigenvalue weighted by Gasteiger charge is 2.50. The fourth-order valence-corrected chi connectivity index (χ4v) is 3.70. The van der Waals surface area contributed by atoms with E-state index in [0.717, 1.165) is 37.8 Å². The third-order valence-corrected chi connectivity index (χ3v) is 4.91. The second kappa shape index (κ2) is 5.32. The largest absolute Gasteiger partial charge is 0.334 e. The normalized spacial score (nSPS) is 24.7. The van der Waals surface area contributed by atoms with Gasteiger partial charge in [-0.15, -0.1) is 0 Å². The van der Waals surface area contributed by atoms with E-state index in [0.29, 0.717) is 0 Å². The number of hydrogen-bond acceptors (Lipinski definition) is 5. The molecule has 0 aliphatic carbocycles. The first kappa shape index (κ1) is 13.6. The standard InChI is InChI=1S/C17H21N5/c1-14-4-2-5-15(20-14)12-21-10-6-17(13-21)7-11-22(17)16-18-8-3-9-19-16/h2-5,8-9H,6-7,10-13H2,1H3/t17-/m1/s1. The minimum atomic E-state index is 0.241. The highest BCUT2D eigenvalue weighted by atomic mass is 15.4. The molecule has 22 heavy (non-hydrogen) atoms. The van der Waals surface area contributed by atoms with Gasteiger partial charge in [-0.3, -0.25) is 9.88 Å². The maximum atomic E-state index is 4.63. The van der Waals surface area contributed by atoms with Crippen LogP contribution in [0, 0.1) is 6.92 Å². The SMILES string of the molecule is Cc1cccc(CN2CC[C@@]3(CCN3c3ncccn3)C2)n1. The average Bonchev–Trinajstić information content (AvgIpc) is 2.94. The number of hydrogen-bond donors (Lipinski definition) is 0. The summed E-state index contributed by atoms with van der Waals surface area (Å²) >= 11 is 0. The number of nitrogens with zero attached hydrogens (tertiary/aromatic N) is 5. The van der Waals surface area contributed by atoms with E-state index in [2.05, 4.69) is 49.9 Å². The average molecular weight is 295 g/mol. The van der Waals surface area contributed by atoms with Crippen molar-refractivity contribution in [3.8, 4) is 0 Å². The van der Waals surface area contributed by atoms with Crippen LogP contribution in [0.5, 0.6) is 0 Å². The topological polar surface area (TPSA) is 45.2 Å². The maximum absolute atomic E-state index is 4.63. The van der Waals surface area contributed by atoms with Gasteiger partial charge in [-0.05, 0) is 38.0 Å². The number of aromatic nitrogens is 3. The minimum Gasteiger partial charge on any atom is -0.334 e. The molecular weight excluding hydrogens is 274 g/mol. The Hall–Kier alpha value is -2.01. The van der Waals surface area contributed by atoms with Crippen LogP contribution in [-0.2, 0) is 6.54 Å². The van der Waals surface area contributed by atoms with E-state index in [1.54, 1.807) is 0 Å². The lowest BCUT2D eigenvalue weighted by atomic mass is 9.84. The Morgan fingerprint density at radius 2 is 1.91 bits per heavy atom. The second-order valence-corrected chi connectivity index (χ2v) is 6.41. The van der Waals surface area contributed by atoms with Crippen LogP contribution in [0.4, 0.5) is 5.95 Å². The predicted octanol–water partition coefficient (Wildman–Crippen LogP) is 2.03. The highest BCUT2D eigenvalue weighted by molar-refractivity contribution is 5.41. The van der Waals surface area contributed by atoms with E-state index in [-0.39, 0.29) is 5.54 Å². The van der Waals surface area contributed by atoms with Gasteiger partial charge in [-0.25, -0.2) is 9.97 Å². The van der Waals surface area contributed by atoms with Crippen LogP contribution < -0.4 is 4.90 Å². The first-order valence-electron chi connectivity index (χ1n) is 7.95. The van der Waals surface area contributed by atoms with Gasteiger partial charge in [-0.2, -0.15) is 0 Å². The summed E-state index contributed by atoms with van der Waals surface area (Å²) < 4.78 is 0. The summed E-state index contributed by atoms with van der Waals surface area (Å²) in [5.74, 6) is 0.879. The molecule has 0 aromatic carbocycles. The number of rotatable bonds is 3. The second-order valence-electron chi connectivity index (χ2n) is 6.41. The van der Waals surface area contributed by atoms with Gasteiger partial charge in [0.05, 0.1) is 11.2 Å². The number of likely N-dealkylation sites (tertiary alicyclic amines) is 1. The van der Waals surface area contributed by atoms with E-state index in [4.69, 9.17) is 0 Å². The van der Waals surface area contributed by atoms with Crippen LogP contribution in [0.3, 0.4) is 0 Å². The van der Waals surface area contributed by atoms with Crippen molar-refractivity contribution >= 4 is 5.95 Å². The van der Waals surface area contributed by atoms with E-state index in [1.807, 2.05) is 18.5 Å². The number of anilines is 1. The molecule has 0 N–H and O–H groups in total. The van der Waals surface area contributed by atoms with Gasteiger partial charge in [0.25, 0.3) is 0 Å². The van der Waals surface area contributed by atoms with Crippen molar-refractivity contribution in [3.05, 3.63) is 48.0 Å². The summed E-state index contributed by atoms with van der Waals surface area (Å²) in [5, 5.41) is 0. The highest BCUT2D eigenvalue weighted by Crippen LogP contribution is 2.41. The molecule has 2 fully saturated rings. The summed E-state index contributed by atoms with van der Waals surface area (Å²) in [7, 11) is 0. The Morgan fingerprint density at radius 1 is 1.09 bits per heavy atom. The zero-order valence-electron chi connectivity index (χ0n) is 12.9. The van der Waals surface area contributed by atoms with Crippen molar-refractivity contribution in [2.24, 2.45) is 0 Å². The molecule has 4 rings (SSSR count). The quantitative estimate of drug-likeness (QED) is 0.867. The Bertz CT molecular complexity index is 659. The monoisotopic (exact) mass is 295 g/mol. The molecular formula is C17H21N5. The smallest absolute Gasteiger partial charge is 0.225 e. The lowest BCUT2D eigenvalue weighted by molar-refractivity contribution is 0.242. The molecule has 4 heterocycles. The number of aryl methyl sites for hydroxylation is 1. The van der Waals surface area contributed by atoms with Crippen LogP contribution in [-0.4, -0.2) is 45.0 Å². The zero-order valence-corrected chi connectivity index (χ0v) is 12.9. The van der Waals surface area contributed by atoms with Crippen molar-refractivity contribution in [2.75, 3.05) is 24.5 Å². The van der Waals surface area contributed by atoms with Crippen molar-refractivity contribution in [3.63, 3.8) is 0 Å². The molecule has 2 aromatic rings. The van der Waals surface area contributed by atoms with Crippen molar-refractivity contribution < 1.29 is 0 Å². The molecule has 5 heteroatoms. The van der Waals surface area contributed by atoms with Gasteiger partial charge in [0.1, 0.15) is 0 Å². The Kier molecular flexibility index (Phi) is 3.30. The molecule has 0 radical (unpaired) electrons. The third-order valence-electron chi connectivity index (χ3n) is 4.91. The van der Waals surface area contributed by atoms with Crippen LogP contribution >= 0.6 is 0 Å². The summed E-state index contributed by atoms with van der Waals surface area (Å²) in [5.41, 5.74) is 2.50. The molecule has 0 unspecified atom stereocenters. The fraction of sp³-hybridized carbons (Fsp3) is 0.471. The Morgan fingerprint density at radius 3 is 2.64 bits per heavy atom. The maximum Gasteiger partial charge on any atom is 0.225 e. The first-order chi connectivity index (χ1) is 10.8. The van der Waals surface area contributed by atoms with Gasteiger partial charge in [-0.1, -0.05) is 6.07 Å². The summed E-state index contributed by atoms with van der Waals surface area (Å²) in [6.45, 7) is 6.27. The lowest BCUT2D eigenvalue weighted by Crippen LogP contribution is -2.62. The first-order valence-corrected chi connectivity index (χ1v) is 7.95. The predicted molar refractivity (Wildman–Crippen MR) is 85.6 cm³/mol. The molecule has 5 nitrogen and oxygen atoms in total. The molecule has 114 valence electrons. The van der Waals surface area contributed by atoms with Crippen LogP contribution in [0.25, 0.3) is 0 Å². The van der Waals surface area contributed by atoms with Gasteiger partial charge < -0.3 is 4.90 Å². The van der Waals surface area contributed by atoms with Crippen molar-refractivity contribution in [1.29, 1.82) is 0 Å². The minimum absolute atomic E-state index is 0.241. The van der Waals surface area contributed by atoms with Gasteiger partial charge in [0.2, 0.25) is 5.95 Å². The third kappa shape index (κ3) is 2.35. The molecule has 0 bridgehead atoms. The van der Waals surface area contributed by atoms with E-state index in [1.165, 1.54) is 18.5 Å². The Labute approximate surface area is 131 Å². The van der Waals surface area contributed by atoms with Crippen LogP contribution in [0.15, 0.2) is 36.7 Å². The van der Waals surface area contributed by atoms with Gasteiger partial charge in [0.15, 0.2) is 0 Å². The zero-order chi connectivity index (χ0) is 15.0. The molecule has 1 atom stereocenters. The molecule has 2 aromatic heterocycles. The molecule has 0 saturated carbocycles. The summed E-state index contributed by atoms with van der Waals surface area (Å²) in [4.78, 5) is 18.4. The molecule has 0 amide bonds. The van der Waals surface area contributed by atoms with E-state index < -0.39 is 0 Å². The Balaban J connectivity index is 1.46. The molecule has 1 spiro atoms.